The topological polar surface area (TPSA) is 35.2 Å². The maximum atomic E-state index is 6.14. The number of benzene rings is 2. The lowest BCUT2D eigenvalue weighted by Crippen LogP contribution is -2.04. The maximum absolute atomic E-state index is 6.14. The highest BCUT2D eigenvalue weighted by Gasteiger charge is 2.06. The molecule has 2 aromatic carbocycles. The first kappa shape index (κ1) is 12.0. The standard InChI is InChI=1S/C14H14ClNO/c1-10(16)11-7-8-14(13(15)9-11)17-12-5-3-2-4-6-12/h2-10H,16H2,1H3/t10-/m1/s1. The van der Waals surface area contributed by atoms with Crippen molar-refractivity contribution in [3.8, 4) is 11.5 Å². The normalized spacial score (nSPS) is 12.2. The highest BCUT2D eigenvalue weighted by molar-refractivity contribution is 6.32. The number of ether oxygens (including phenoxy) is 1. The molecular formula is C14H14ClNO. The average molecular weight is 248 g/mol. The first-order valence-electron chi connectivity index (χ1n) is 5.45. The van der Waals surface area contributed by atoms with Crippen LogP contribution in [0.3, 0.4) is 0 Å². The summed E-state index contributed by atoms with van der Waals surface area (Å²) in [5.41, 5.74) is 6.78. The summed E-state index contributed by atoms with van der Waals surface area (Å²) in [4.78, 5) is 0. The van der Waals surface area contributed by atoms with Crippen LogP contribution in [0.15, 0.2) is 48.5 Å². The van der Waals surface area contributed by atoms with Gasteiger partial charge in [0, 0.05) is 6.04 Å². The average Bonchev–Trinajstić information content (AvgIpc) is 2.33. The van der Waals surface area contributed by atoms with E-state index in [1.807, 2.05) is 55.5 Å². The zero-order valence-corrected chi connectivity index (χ0v) is 10.3. The third-order valence-corrected chi connectivity index (χ3v) is 2.75. The summed E-state index contributed by atoms with van der Waals surface area (Å²) < 4.78 is 5.67. The molecule has 0 unspecified atom stereocenters. The van der Waals surface area contributed by atoms with E-state index in [0.29, 0.717) is 10.8 Å². The molecule has 88 valence electrons. The molecule has 2 aromatic rings. The van der Waals surface area contributed by atoms with Crippen molar-refractivity contribution >= 4 is 11.6 Å². The molecule has 2 rings (SSSR count). The Hall–Kier alpha value is -1.51. The highest BCUT2D eigenvalue weighted by atomic mass is 35.5. The van der Waals surface area contributed by atoms with Gasteiger partial charge in [-0.25, -0.2) is 0 Å². The summed E-state index contributed by atoms with van der Waals surface area (Å²) >= 11 is 6.14. The summed E-state index contributed by atoms with van der Waals surface area (Å²) in [6.07, 6.45) is 0. The van der Waals surface area contributed by atoms with Crippen molar-refractivity contribution in [2.24, 2.45) is 5.73 Å². The van der Waals surface area contributed by atoms with Gasteiger partial charge in [0.1, 0.15) is 11.5 Å². The van der Waals surface area contributed by atoms with Gasteiger partial charge >= 0.3 is 0 Å². The molecule has 0 aliphatic carbocycles. The second-order valence-corrected chi connectivity index (χ2v) is 4.30. The molecule has 2 N–H and O–H groups in total. The lowest BCUT2D eigenvalue weighted by Gasteiger charge is -2.10. The van der Waals surface area contributed by atoms with Crippen LogP contribution in [-0.4, -0.2) is 0 Å². The number of nitrogens with two attached hydrogens (primary N) is 1. The third kappa shape index (κ3) is 2.99. The quantitative estimate of drug-likeness (QED) is 0.884. The van der Waals surface area contributed by atoms with Crippen LogP contribution >= 0.6 is 11.6 Å². The van der Waals surface area contributed by atoms with Crippen molar-refractivity contribution in [3.63, 3.8) is 0 Å². The Morgan fingerprint density at radius 3 is 2.41 bits per heavy atom. The molecule has 0 aromatic heterocycles. The van der Waals surface area contributed by atoms with Gasteiger partial charge in [-0.15, -0.1) is 0 Å². The summed E-state index contributed by atoms with van der Waals surface area (Å²) in [7, 11) is 0. The molecule has 1 atom stereocenters. The van der Waals surface area contributed by atoms with Crippen molar-refractivity contribution in [2.45, 2.75) is 13.0 Å². The minimum atomic E-state index is -0.0294. The van der Waals surface area contributed by atoms with Crippen molar-refractivity contribution in [1.82, 2.24) is 0 Å². The second-order valence-electron chi connectivity index (χ2n) is 3.89. The maximum Gasteiger partial charge on any atom is 0.146 e. The van der Waals surface area contributed by atoms with E-state index in [1.165, 1.54) is 0 Å². The van der Waals surface area contributed by atoms with Gasteiger partial charge in [0.25, 0.3) is 0 Å². The van der Waals surface area contributed by atoms with Crippen LogP contribution in [0, 0.1) is 0 Å². The van der Waals surface area contributed by atoms with Crippen molar-refractivity contribution in [3.05, 3.63) is 59.1 Å². The van der Waals surface area contributed by atoms with E-state index >= 15 is 0 Å². The number of hydrogen-bond donors (Lipinski definition) is 1. The summed E-state index contributed by atoms with van der Waals surface area (Å²) in [6.45, 7) is 1.92. The van der Waals surface area contributed by atoms with Gasteiger partial charge in [-0.2, -0.15) is 0 Å². The Labute approximate surface area is 106 Å². The van der Waals surface area contributed by atoms with Crippen LogP contribution < -0.4 is 10.5 Å². The van der Waals surface area contributed by atoms with Gasteiger partial charge in [0.15, 0.2) is 0 Å². The minimum Gasteiger partial charge on any atom is -0.456 e. The fourth-order valence-electron chi connectivity index (χ4n) is 1.50. The van der Waals surface area contributed by atoms with Gasteiger partial charge in [-0.1, -0.05) is 35.9 Å². The van der Waals surface area contributed by atoms with E-state index in [2.05, 4.69) is 0 Å². The molecule has 0 bridgehead atoms. The molecule has 0 heterocycles. The first-order valence-corrected chi connectivity index (χ1v) is 5.82. The van der Waals surface area contributed by atoms with Crippen molar-refractivity contribution in [2.75, 3.05) is 0 Å². The molecule has 0 saturated carbocycles. The van der Waals surface area contributed by atoms with Crippen molar-refractivity contribution < 1.29 is 4.74 Å². The van der Waals surface area contributed by atoms with E-state index in [4.69, 9.17) is 22.1 Å². The Balaban J connectivity index is 2.23. The van der Waals surface area contributed by atoms with E-state index in [-0.39, 0.29) is 6.04 Å². The molecule has 3 heteroatoms. The molecule has 0 amide bonds. The summed E-state index contributed by atoms with van der Waals surface area (Å²) in [5, 5.41) is 0.573. The van der Waals surface area contributed by atoms with E-state index in [9.17, 15) is 0 Å². The molecular weight excluding hydrogens is 234 g/mol. The Bertz CT molecular complexity index is 497. The lowest BCUT2D eigenvalue weighted by molar-refractivity contribution is 0.482. The molecule has 0 fully saturated rings. The number of halogens is 1. The second kappa shape index (κ2) is 5.21. The molecule has 2 nitrogen and oxygen atoms in total. The Morgan fingerprint density at radius 1 is 1.12 bits per heavy atom. The van der Waals surface area contributed by atoms with Crippen LogP contribution in [0.25, 0.3) is 0 Å². The Kier molecular flexibility index (Phi) is 3.67. The third-order valence-electron chi connectivity index (χ3n) is 2.45. The fraction of sp³-hybridized carbons (Fsp3) is 0.143. The van der Waals surface area contributed by atoms with E-state index in [1.54, 1.807) is 0 Å². The summed E-state index contributed by atoms with van der Waals surface area (Å²) in [6, 6.07) is 15.1. The smallest absolute Gasteiger partial charge is 0.146 e. The largest absolute Gasteiger partial charge is 0.456 e. The first-order chi connectivity index (χ1) is 8.16. The zero-order chi connectivity index (χ0) is 12.3. The predicted molar refractivity (Wildman–Crippen MR) is 70.6 cm³/mol. The van der Waals surface area contributed by atoms with Crippen molar-refractivity contribution in [1.29, 1.82) is 0 Å². The lowest BCUT2D eigenvalue weighted by atomic mass is 10.1. The van der Waals surface area contributed by atoms with Gasteiger partial charge in [0.2, 0.25) is 0 Å². The number of hydrogen-bond acceptors (Lipinski definition) is 2. The molecule has 0 aliphatic rings. The van der Waals surface area contributed by atoms with Gasteiger partial charge in [-0.3, -0.25) is 0 Å². The fourth-order valence-corrected chi connectivity index (χ4v) is 1.73. The van der Waals surface area contributed by atoms with Gasteiger partial charge < -0.3 is 10.5 Å². The Morgan fingerprint density at radius 2 is 1.82 bits per heavy atom. The molecule has 0 radical (unpaired) electrons. The van der Waals surface area contributed by atoms with Gasteiger partial charge in [-0.05, 0) is 36.8 Å². The minimum absolute atomic E-state index is 0.0294. The van der Waals surface area contributed by atoms with Crippen LogP contribution in [0.4, 0.5) is 0 Å². The molecule has 0 aliphatic heterocycles. The van der Waals surface area contributed by atoms with Gasteiger partial charge in [0.05, 0.1) is 5.02 Å². The number of para-hydroxylation sites is 1. The monoisotopic (exact) mass is 247 g/mol. The van der Waals surface area contributed by atoms with Crippen LogP contribution in [0.5, 0.6) is 11.5 Å². The predicted octanol–water partition coefficient (Wildman–Crippen LogP) is 4.15. The zero-order valence-electron chi connectivity index (χ0n) is 9.56. The van der Waals surface area contributed by atoms with Crippen LogP contribution in [-0.2, 0) is 0 Å². The number of rotatable bonds is 3. The summed E-state index contributed by atoms with van der Waals surface area (Å²) in [5.74, 6) is 1.41. The molecule has 0 spiro atoms. The molecule has 17 heavy (non-hydrogen) atoms. The van der Waals surface area contributed by atoms with E-state index in [0.717, 1.165) is 11.3 Å². The van der Waals surface area contributed by atoms with Crippen LogP contribution in [0.2, 0.25) is 5.02 Å². The highest BCUT2D eigenvalue weighted by Crippen LogP contribution is 2.31. The van der Waals surface area contributed by atoms with E-state index < -0.39 is 0 Å². The molecule has 0 saturated heterocycles. The SMILES string of the molecule is C[C@@H](N)c1ccc(Oc2ccccc2)c(Cl)c1. The van der Waals surface area contributed by atoms with Crippen LogP contribution in [0.1, 0.15) is 18.5 Å².